The second-order valence-electron chi connectivity index (χ2n) is 4.52. The van der Waals surface area contributed by atoms with Crippen LogP contribution in [-0.4, -0.2) is 48.4 Å². The van der Waals surface area contributed by atoms with Crippen LogP contribution < -0.4 is 5.32 Å². The smallest absolute Gasteiger partial charge is 0.439 e. The van der Waals surface area contributed by atoms with Gasteiger partial charge < -0.3 is 23.3 Å². The quantitative estimate of drug-likeness (QED) is 0.399. The molecule has 0 radical (unpaired) electrons. The first-order valence-electron chi connectivity index (χ1n) is 6.10. The van der Waals surface area contributed by atoms with E-state index in [1.807, 2.05) is 0 Å². The topological polar surface area (TPSA) is 66.0 Å². The third-order valence-corrected chi connectivity index (χ3v) is 5.54. The van der Waals surface area contributed by atoms with E-state index in [2.05, 4.69) is 11.9 Å². The Labute approximate surface area is 116 Å². The van der Waals surface area contributed by atoms with Crippen LogP contribution in [0.2, 0.25) is 6.04 Å². The lowest BCUT2D eigenvalue weighted by Crippen LogP contribution is -2.43. The summed E-state index contributed by atoms with van der Waals surface area (Å²) in [4.78, 5) is 11.5. The van der Waals surface area contributed by atoms with Gasteiger partial charge in [-0.25, -0.2) is 4.79 Å². The predicted molar refractivity (Wildman–Crippen MR) is 75.0 cm³/mol. The summed E-state index contributed by atoms with van der Waals surface area (Å²) < 4.78 is 21.0. The summed E-state index contributed by atoms with van der Waals surface area (Å²) in [6.07, 6.45) is 1.79. The minimum atomic E-state index is -2.55. The van der Waals surface area contributed by atoms with E-state index in [1.165, 1.54) is 0 Å². The molecule has 1 N–H and O–H groups in total. The van der Waals surface area contributed by atoms with Gasteiger partial charge in [0.05, 0.1) is 0 Å². The van der Waals surface area contributed by atoms with Gasteiger partial charge in [0, 0.05) is 33.9 Å². The van der Waals surface area contributed by atoms with Crippen molar-refractivity contribution in [3.05, 3.63) is 12.7 Å². The molecule has 0 saturated heterocycles. The summed E-state index contributed by atoms with van der Waals surface area (Å²) in [6, 6.07) is 0.627. The maximum absolute atomic E-state index is 11.5. The number of hydrogen-bond donors (Lipinski definition) is 1. The van der Waals surface area contributed by atoms with E-state index in [0.717, 1.165) is 0 Å². The van der Waals surface area contributed by atoms with Crippen LogP contribution >= 0.6 is 0 Å². The lowest BCUT2D eigenvalue weighted by molar-refractivity contribution is 0.0720. The van der Waals surface area contributed by atoms with E-state index in [1.54, 1.807) is 41.3 Å². The molecule has 0 aliphatic carbocycles. The first kappa shape index (κ1) is 18.1. The lowest BCUT2D eigenvalue weighted by atomic mass is 10.1. The Kier molecular flexibility index (Phi) is 7.92. The molecular formula is C12H25NO5Si. The van der Waals surface area contributed by atoms with Crippen molar-refractivity contribution >= 4 is 14.9 Å². The number of alkyl carbamates (subject to hydrolysis) is 1. The fourth-order valence-corrected chi connectivity index (χ4v) is 3.09. The highest BCUT2D eigenvalue weighted by atomic mass is 28.4. The standard InChI is InChI=1S/C12H25NO5Si/c1-7-12(2,3)18-11(14)13-9-8-10-19(15-4,16-5)17-6/h7H,1,8-10H2,2-6H3,(H,13,14). The van der Waals surface area contributed by atoms with E-state index in [4.69, 9.17) is 18.0 Å². The van der Waals surface area contributed by atoms with Gasteiger partial charge in [0.1, 0.15) is 5.60 Å². The Morgan fingerprint density at radius 2 is 1.79 bits per heavy atom. The minimum absolute atomic E-state index is 0.468. The van der Waals surface area contributed by atoms with Gasteiger partial charge in [-0.1, -0.05) is 6.58 Å². The summed E-state index contributed by atoms with van der Waals surface area (Å²) in [6.45, 7) is 7.59. The second-order valence-corrected chi connectivity index (χ2v) is 7.61. The summed E-state index contributed by atoms with van der Waals surface area (Å²) in [5.41, 5.74) is -0.672. The molecule has 0 aliphatic rings. The van der Waals surface area contributed by atoms with Crippen molar-refractivity contribution in [2.45, 2.75) is 31.9 Å². The minimum Gasteiger partial charge on any atom is -0.439 e. The molecule has 112 valence electrons. The van der Waals surface area contributed by atoms with Crippen LogP contribution in [0.1, 0.15) is 20.3 Å². The van der Waals surface area contributed by atoms with Gasteiger partial charge in [-0.3, -0.25) is 0 Å². The fourth-order valence-electron chi connectivity index (χ4n) is 1.37. The van der Waals surface area contributed by atoms with Crippen molar-refractivity contribution in [1.82, 2.24) is 5.32 Å². The molecule has 0 aromatic carbocycles. The molecule has 6 nitrogen and oxygen atoms in total. The Hall–Kier alpha value is -0.893. The number of carbonyl (C=O) groups is 1. The average Bonchev–Trinajstić information content (AvgIpc) is 2.39. The predicted octanol–water partition coefficient (Wildman–Crippen LogP) is 1.95. The van der Waals surface area contributed by atoms with Crippen LogP contribution in [0.5, 0.6) is 0 Å². The van der Waals surface area contributed by atoms with Gasteiger partial charge >= 0.3 is 14.9 Å². The largest absolute Gasteiger partial charge is 0.500 e. The van der Waals surface area contributed by atoms with Crippen LogP contribution in [0.15, 0.2) is 12.7 Å². The summed E-state index contributed by atoms with van der Waals surface area (Å²) in [7, 11) is 2.14. The fraction of sp³-hybridized carbons (Fsp3) is 0.750. The van der Waals surface area contributed by atoms with E-state index in [-0.39, 0.29) is 0 Å². The third-order valence-electron chi connectivity index (χ3n) is 2.71. The molecule has 7 heteroatoms. The first-order valence-corrected chi connectivity index (χ1v) is 8.04. The summed E-state index contributed by atoms with van der Waals surface area (Å²) in [5.74, 6) is 0. The SMILES string of the molecule is C=CC(C)(C)OC(=O)NCCC[Si](OC)(OC)OC. The summed E-state index contributed by atoms with van der Waals surface area (Å²) in [5, 5.41) is 2.66. The molecule has 0 aliphatic heterocycles. The molecule has 0 aromatic heterocycles. The van der Waals surface area contributed by atoms with Crippen molar-refractivity contribution in [3.8, 4) is 0 Å². The van der Waals surface area contributed by atoms with Gasteiger partial charge in [-0.05, 0) is 26.3 Å². The highest BCUT2D eigenvalue weighted by Crippen LogP contribution is 2.14. The maximum atomic E-state index is 11.5. The van der Waals surface area contributed by atoms with E-state index >= 15 is 0 Å². The highest BCUT2D eigenvalue weighted by molar-refractivity contribution is 6.60. The normalized spacial score (nSPS) is 12.1. The Morgan fingerprint density at radius 1 is 1.26 bits per heavy atom. The van der Waals surface area contributed by atoms with Crippen molar-refractivity contribution in [2.75, 3.05) is 27.9 Å². The highest BCUT2D eigenvalue weighted by Gasteiger charge is 2.36. The maximum Gasteiger partial charge on any atom is 0.500 e. The zero-order chi connectivity index (χ0) is 14.9. The third kappa shape index (κ3) is 6.72. The lowest BCUT2D eigenvalue weighted by Gasteiger charge is -2.24. The van der Waals surface area contributed by atoms with Crippen LogP contribution in [0.4, 0.5) is 4.79 Å². The molecule has 0 atom stereocenters. The van der Waals surface area contributed by atoms with Crippen molar-refractivity contribution < 1.29 is 22.8 Å². The molecule has 0 unspecified atom stereocenters. The van der Waals surface area contributed by atoms with E-state index in [9.17, 15) is 4.79 Å². The van der Waals surface area contributed by atoms with Gasteiger partial charge in [0.2, 0.25) is 0 Å². The van der Waals surface area contributed by atoms with E-state index < -0.39 is 20.5 Å². The number of carbonyl (C=O) groups excluding carboxylic acids is 1. The van der Waals surface area contributed by atoms with Crippen molar-refractivity contribution in [3.63, 3.8) is 0 Å². The Morgan fingerprint density at radius 3 is 2.21 bits per heavy atom. The van der Waals surface area contributed by atoms with Crippen LogP contribution in [0.3, 0.4) is 0 Å². The zero-order valence-corrected chi connectivity index (χ0v) is 13.4. The first-order chi connectivity index (χ1) is 8.84. The number of hydrogen-bond acceptors (Lipinski definition) is 5. The van der Waals surface area contributed by atoms with E-state index in [0.29, 0.717) is 19.0 Å². The van der Waals surface area contributed by atoms with Crippen molar-refractivity contribution in [1.29, 1.82) is 0 Å². The number of ether oxygens (including phenoxy) is 1. The molecule has 0 fully saturated rings. The molecule has 0 spiro atoms. The summed E-state index contributed by atoms with van der Waals surface area (Å²) >= 11 is 0. The molecule has 0 aromatic rings. The van der Waals surface area contributed by atoms with Gasteiger partial charge in [-0.15, -0.1) is 0 Å². The molecule has 0 heterocycles. The number of amides is 1. The van der Waals surface area contributed by atoms with Crippen LogP contribution in [0, 0.1) is 0 Å². The van der Waals surface area contributed by atoms with Gasteiger partial charge in [0.25, 0.3) is 0 Å². The van der Waals surface area contributed by atoms with Gasteiger partial charge in [0.15, 0.2) is 0 Å². The zero-order valence-electron chi connectivity index (χ0n) is 12.4. The van der Waals surface area contributed by atoms with Crippen molar-refractivity contribution in [2.24, 2.45) is 0 Å². The molecule has 0 saturated carbocycles. The van der Waals surface area contributed by atoms with Crippen LogP contribution in [-0.2, 0) is 18.0 Å². The number of rotatable bonds is 9. The molecule has 0 bridgehead atoms. The second kappa shape index (κ2) is 8.31. The Bertz CT molecular complexity index is 284. The number of nitrogens with one attached hydrogen (secondary N) is 1. The molecule has 19 heavy (non-hydrogen) atoms. The molecule has 0 rings (SSSR count). The monoisotopic (exact) mass is 291 g/mol. The van der Waals surface area contributed by atoms with Crippen LogP contribution in [0.25, 0.3) is 0 Å². The molecular weight excluding hydrogens is 266 g/mol. The average molecular weight is 291 g/mol. The van der Waals surface area contributed by atoms with Gasteiger partial charge in [-0.2, -0.15) is 0 Å². The molecule has 1 amide bonds. The Balaban J connectivity index is 3.98.